The zero-order valence-electron chi connectivity index (χ0n) is 22.8. The lowest BCUT2D eigenvalue weighted by atomic mass is 10.0. The van der Waals surface area contributed by atoms with Gasteiger partial charge in [-0.3, -0.25) is 0 Å². The van der Waals surface area contributed by atoms with Crippen LogP contribution < -0.4 is 4.74 Å². The Bertz CT molecular complexity index is 1030. The standard InChI is InChI=1S/C31H45BrOS3/c1-5-8-11-14-17-23-20-26(30-24(18-15-12-9-6-2)22-28(33-4)36-30)34-29(23)27-21-25(31(32)35-27)19-16-13-10-7-3/h20-22H,5-19H2,1-4H3. The molecular formula is C31H45BrOS3. The van der Waals surface area contributed by atoms with Crippen LogP contribution >= 0.6 is 49.9 Å². The molecule has 0 unspecified atom stereocenters. The quantitative estimate of drug-likeness (QED) is 0.130. The number of ether oxygens (including phenoxy) is 1. The predicted molar refractivity (Wildman–Crippen MR) is 169 cm³/mol. The molecule has 0 saturated carbocycles. The Labute approximate surface area is 240 Å². The Morgan fingerprint density at radius 1 is 0.583 bits per heavy atom. The van der Waals surface area contributed by atoms with Crippen molar-refractivity contribution in [3.63, 3.8) is 0 Å². The van der Waals surface area contributed by atoms with E-state index in [9.17, 15) is 0 Å². The van der Waals surface area contributed by atoms with E-state index in [1.807, 2.05) is 34.0 Å². The molecule has 36 heavy (non-hydrogen) atoms. The van der Waals surface area contributed by atoms with Gasteiger partial charge in [0.2, 0.25) is 0 Å². The van der Waals surface area contributed by atoms with Crippen LogP contribution in [0.3, 0.4) is 0 Å². The van der Waals surface area contributed by atoms with Crippen molar-refractivity contribution >= 4 is 49.9 Å². The summed E-state index contributed by atoms with van der Waals surface area (Å²) in [6.07, 6.45) is 19.2. The second kappa shape index (κ2) is 16.4. The number of methoxy groups -OCH3 is 1. The van der Waals surface area contributed by atoms with Gasteiger partial charge in [-0.15, -0.1) is 22.7 Å². The molecule has 3 aromatic rings. The second-order valence-corrected chi connectivity index (χ2v) is 14.4. The minimum absolute atomic E-state index is 1.04. The van der Waals surface area contributed by atoms with Crippen LogP contribution in [0.5, 0.6) is 5.06 Å². The number of halogens is 1. The summed E-state index contributed by atoms with van der Waals surface area (Å²) in [5.41, 5.74) is 4.51. The van der Waals surface area contributed by atoms with Crippen LogP contribution in [0.25, 0.3) is 19.5 Å². The first kappa shape index (κ1) is 29.9. The molecule has 0 radical (unpaired) electrons. The second-order valence-electron chi connectivity index (χ2n) is 9.93. The minimum atomic E-state index is 1.04. The van der Waals surface area contributed by atoms with Crippen molar-refractivity contribution in [3.8, 4) is 24.6 Å². The number of rotatable bonds is 18. The molecule has 0 aliphatic rings. The van der Waals surface area contributed by atoms with E-state index >= 15 is 0 Å². The molecule has 0 aromatic carbocycles. The van der Waals surface area contributed by atoms with Crippen LogP contribution in [0.15, 0.2) is 22.0 Å². The van der Waals surface area contributed by atoms with Crippen LogP contribution in [-0.2, 0) is 19.3 Å². The Morgan fingerprint density at radius 2 is 1.06 bits per heavy atom. The lowest BCUT2D eigenvalue weighted by molar-refractivity contribution is 0.427. The molecule has 5 heteroatoms. The Morgan fingerprint density at radius 3 is 1.61 bits per heavy atom. The number of unbranched alkanes of at least 4 members (excludes halogenated alkanes) is 9. The van der Waals surface area contributed by atoms with Crippen molar-refractivity contribution in [1.82, 2.24) is 0 Å². The lowest BCUT2D eigenvalue weighted by Gasteiger charge is -2.02. The molecule has 0 fully saturated rings. The summed E-state index contributed by atoms with van der Waals surface area (Å²) >= 11 is 9.69. The molecule has 0 atom stereocenters. The molecule has 0 spiro atoms. The fourth-order valence-electron chi connectivity index (χ4n) is 4.75. The summed E-state index contributed by atoms with van der Waals surface area (Å²) in [4.78, 5) is 5.81. The largest absolute Gasteiger partial charge is 0.487 e. The van der Waals surface area contributed by atoms with Gasteiger partial charge in [-0.1, -0.05) is 89.9 Å². The van der Waals surface area contributed by atoms with E-state index in [0.29, 0.717) is 0 Å². The topological polar surface area (TPSA) is 9.23 Å². The predicted octanol–water partition coefficient (Wildman–Crippen LogP) is 12.3. The van der Waals surface area contributed by atoms with Crippen molar-refractivity contribution in [1.29, 1.82) is 0 Å². The normalized spacial score (nSPS) is 11.5. The number of aryl methyl sites for hydroxylation is 3. The highest BCUT2D eigenvalue weighted by atomic mass is 79.9. The Hall–Kier alpha value is -0.620. The SMILES string of the molecule is CCCCCCc1cc(-c2sc(-c3sc(OC)cc3CCCCCC)cc2CCCCCC)sc1Br. The van der Waals surface area contributed by atoms with E-state index in [4.69, 9.17) is 4.74 Å². The molecule has 0 aliphatic heterocycles. The molecule has 0 bridgehead atoms. The van der Waals surface area contributed by atoms with Crippen LogP contribution in [0.1, 0.15) is 115 Å². The zero-order valence-corrected chi connectivity index (χ0v) is 26.9. The van der Waals surface area contributed by atoms with Crippen molar-refractivity contribution in [3.05, 3.63) is 38.7 Å². The lowest BCUT2D eigenvalue weighted by Crippen LogP contribution is -1.86. The van der Waals surface area contributed by atoms with Crippen LogP contribution in [0.2, 0.25) is 0 Å². The fraction of sp³-hybridized carbons (Fsp3) is 0.613. The number of hydrogen-bond donors (Lipinski definition) is 0. The van der Waals surface area contributed by atoms with Gasteiger partial charge in [-0.25, -0.2) is 0 Å². The van der Waals surface area contributed by atoms with Crippen molar-refractivity contribution < 1.29 is 4.74 Å². The van der Waals surface area contributed by atoms with Crippen LogP contribution in [0.4, 0.5) is 0 Å². The van der Waals surface area contributed by atoms with Gasteiger partial charge in [0.15, 0.2) is 5.06 Å². The molecule has 200 valence electrons. The van der Waals surface area contributed by atoms with E-state index in [2.05, 4.69) is 54.9 Å². The Balaban J connectivity index is 1.89. The fourth-order valence-corrected chi connectivity index (χ4v) is 9.03. The van der Waals surface area contributed by atoms with Crippen LogP contribution in [-0.4, -0.2) is 7.11 Å². The monoisotopic (exact) mass is 608 g/mol. The zero-order chi connectivity index (χ0) is 25.8. The van der Waals surface area contributed by atoms with Gasteiger partial charge in [0.05, 0.1) is 15.8 Å². The molecule has 0 N–H and O–H groups in total. The maximum Gasteiger partial charge on any atom is 0.174 e. The van der Waals surface area contributed by atoms with Gasteiger partial charge in [0, 0.05) is 14.6 Å². The maximum absolute atomic E-state index is 5.69. The summed E-state index contributed by atoms with van der Waals surface area (Å²) in [5, 5.41) is 1.04. The summed E-state index contributed by atoms with van der Waals surface area (Å²) in [6, 6.07) is 7.29. The van der Waals surface area contributed by atoms with Gasteiger partial charge < -0.3 is 4.74 Å². The smallest absolute Gasteiger partial charge is 0.174 e. The van der Waals surface area contributed by atoms with E-state index in [0.717, 1.165) is 11.5 Å². The first-order valence-corrected chi connectivity index (χ1v) is 17.4. The third-order valence-corrected chi connectivity index (χ3v) is 11.5. The van der Waals surface area contributed by atoms with E-state index < -0.39 is 0 Å². The minimum Gasteiger partial charge on any atom is -0.487 e. The van der Waals surface area contributed by atoms with Crippen molar-refractivity contribution in [2.45, 2.75) is 117 Å². The summed E-state index contributed by atoms with van der Waals surface area (Å²) in [5.74, 6) is 0. The highest BCUT2D eigenvalue weighted by Crippen LogP contribution is 2.48. The van der Waals surface area contributed by atoms with E-state index in [1.54, 1.807) is 12.7 Å². The molecule has 1 nitrogen and oxygen atoms in total. The first-order chi connectivity index (χ1) is 17.6. The molecular weight excluding hydrogens is 564 g/mol. The van der Waals surface area contributed by atoms with E-state index in [1.165, 1.54) is 124 Å². The Kier molecular flexibility index (Phi) is 13.6. The third kappa shape index (κ3) is 8.71. The molecule has 0 amide bonds. The highest BCUT2D eigenvalue weighted by molar-refractivity contribution is 9.11. The highest BCUT2D eigenvalue weighted by Gasteiger charge is 2.20. The summed E-state index contributed by atoms with van der Waals surface area (Å²) in [6.45, 7) is 6.87. The average Bonchev–Trinajstić information content (AvgIpc) is 3.59. The molecule has 3 rings (SSSR count). The van der Waals surface area contributed by atoms with Crippen LogP contribution in [0, 0.1) is 0 Å². The molecule has 0 aliphatic carbocycles. The summed E-state index contributed by atoms with van der Waals surface area (Å²) in [7, 11) is 1.81. The summed E-state index contributed by atoms with van der Waals surface area (Å²) < 4.78 is 7.02. The van der Waals surface area contributed by atoms with E-state index in [-0.39, 0.29) is 0 Å². The van der Waals surface area contributed by atoms with Gasteiger partial charge in [0.1, 0.15) is 0 Å². The van der Waals surface area contributed by atoms with Crippen molar-refractivity contribution in [2.75, 3.05) is 7.11 Å². The van der Waals surface area contributed by atoms with Gasteiger partial charge in [-0.2, -0.15) is 0 Å². The third-order valence-electron chi connectivity index (χ3n) is 6.90. The molecule has 3 heterocycles. The maximum atomic E-state index is 5.69. The average molecular weight is 610 g/mol. The number of thiophene rings is 3. The molecule has 0 saturated heterocycles. The first-order valence-electron chi connectivity index (χ1n) is 14.2. The van der Waals surface area contributed by atoms with Crippen molar-refractivity contribution in [2.24, 2.45) is 0 Å². The number of hydrogen-bond acceptors (Lipinski definition) is 4. The molecule has 3 aromatic heterocycles. The van der Waals surface area contributed by atoms with Gasteiger partial charge in [-0.05, 0) is 89.3 Å². The van der Waals surface area contributed by atoms with Gasteiger partial charge in [0.25, 0.3) is 0 Å². The van der Waals surface area contributed by atoms with Gasteiger partial charge >= 0.3 is 0 Å².